The standard InChI is InChI=1S/C14H31OSi/c1-8-9-10-11-15-16(12(2)3,13(4)5)14(6)7/h12-14H,1,8-11H2,2-7H3. The molecule has 1 nitrogen and oxygen atoms in total. The maximum absolute atomic E-state index is 6.43. The van der Waals surface area contributed by atoms with Gasteiger partial charge in [0.2, 0.25) is 0 Å². The van der Waals surface area contributed by atoms with Crippen molar-refractivity contribution in [2.24, 2.45) is 0 Å². The molecule has 0 rings (SSSR count). The lowest BCUT2D eigenvalue weighted by atomic mass is 10.3. The second-order valence-electron chi connectivity index (χ2n) is 5.73. The summed E-state index contributed by atoms with van der Waals surface area (Å²) in [5.74, 6) is 0. The molecule has 0 heterocycles. The van der Waals surface area contributed by atoms with Gasteiger partial charge in [0.15, 0.2) is 8.32 Å². The van der Waals surface area contributed by atoms with Crippen molar-refractivity contribution >= 4 is 8.32 Å². The first-order valence-electron chi connectivity index (χ1n) is 6.82. The zero-order valence-corrected chi connectivity index (χ0v) is 13.2. The Morgan fingerprint density at radius 3 is 1.62 bits per heavy atom. The summed E-state index contributed by atoms with van der Waals surface area (Å²) in [6, 6.07) is 0. The van der Waals surface area contributed by atoms with Crippen molar-refractivity contribution in [3.63, 3.8) is 0 Å². The van der Waals surface area contributed by atoms with Crippen molar-refractivity contribution in [3.8, 4) is 0 Å². The van der Waals surface area contributed by atoms with Gasteiger partial charge in [0.05, 0.1) is 0 Å². The van der Waals surface area contributed by atoms with Gasteiger partial charge in [-0.2, -0.15) is 0 Å². The van der Waals surface area contributed by atoms with Gasteiger partial charge in [-0.05, 0) is 23.0 Å². The molecular weight excluding hydrogens is 212 g/mol. The second kappa shape index (κ2) is 7.49. The predicted octanol–water partition coefficient (Wildman–Crippen LogP) is 5.18. The molecule has 0 saturated carbocycles. The van der Waals surface area contributed by atoms with Crippen molar-refractivity contribution in [1.29, 1.82) is 0 Å². The first-order chi connectivity index (χ1) is 7.39. The highest BCUT2D eigenvalue weighted by Gasteiger charge is 2.44. The highest BCUT2D eigenvalue weighted by molar-refractivity contribution is 6.77. The van der Waals surface area contributed by atoms with Crippen molar-refractivity contribution in [2.45, 2.75) is 77.4 Å². The third-order valence-electron chi connectivity index (χ3n) is 3.70. The van der Waals surface area contributed by atoms with Crippen LogP contribution in [0.4, 0.5) is 0 Å². The lowest BCUT2D eigenvalue weighted by Crippen LogP contribution is -2.47. The van der Waals surface area contributed by atoms with Crippen LogP contribution in [0.2, 0.25) is 16.6 Å². The van der Waals surface area contributed by atoms with Gasteiger partial charge in [-0.1, -0.05) is 61.3 Å². The van der Waals surface area contributed by atoms with Crippen molar-refractivity contribution in [3.05, 3.63) is 6.92 Å². The van der Waals surface area contributed by atoms with Gasteiger partial charge in [0.25, 0.3) is 0 Å². The molecule has 97 valence electrons. The molecule has 0 bridgehead atoms. The minimum atomic E-state index is -1.60. The highest BCUT2D eigenvalue weighted by atomic mass is 28.4. The normalized spacial score (nSPS) is 13.1. The molecule has 2 heteroatoms. The van der Waals surface area contributed by atoms with Gasteiger partial charge in [-0.25, -0.2) is 0 Å². The Kier molecular flexibility index (Phi) is 7.58. The summed E-state index contributed by atoms with van der Waals surface area (Å²) in [6.45, 7) is 18.9. The van der Waals surface area contributed by atoms with Crippen LogP contribution < -0.4 is 0 Å². The van der Waals surface area contributed by atoms with Crippen LogP contribution in [0.3, 0.4) is 0 Å². The fourth-order valence-corrected chi connectivity index (χ4v) is 8.53. The fourth-order valence-electron chi connectivity index (χ4n) is 3.03. The molecule has 0 aromatic carbocycles. The highest BCUT2D eigenvalue weighted by Crippen LogP contribution is 2.42. The molecule has 0 saturated heterocycles. The summed E-state index contributed by atoms with van der Waals surface area (Å²) in [7, 11) is -1.60. The molecule has 1 radical (unpaired) electrons. The summed E-state index contributed by atoms with van der Waals surface area (Å²) < 4.78 is 6.43. The smallest absolute Gasteiger partial charge is 0.200 e. The Balaban J connectivity index is 4.52. The molecule has 0 aromatic rings. The lowest BCUT2D eigenvalue weighted by Gasteiger charge is -2.42. The molecule has 0 spiro atoms. The molecule has 0 atom stereocenters. The zero-order chi connectivity index (χ0) is 12.8. The van der Waals surface area contributed by atoms with Crippen LogP contribution in [0.1, 0.15) is 60.8 Å². The molecule has 0 aromatic heterocycles. The van der Waals surface area contributed by atoms with Gasteiger partial charge in [-0.15, -0.1) is 0 Å². The van der Waals surface area contributed by atoms with Gasteiger partial charge < -0.3 is 4.43 Å². The Morgan fingerprint density at radius 2 is 1.31 bits per heavy atom. The van der Waals surface area contributed by atoms with E-state index >= 15 is 0 Å². The summed E-state index contributed by atoms with van der Waals surface area (Å²) in [5.41, 5.74) is 2.10. The third-order valence-corrected chi connectivity index (χ3v) is 9.82. The number of unbranched alkanes of at least 4 members (excludes halogenated alkanes) is 2. The van der Waals surface area contributed by atoms with E-state index in [1.54, 1.807) is 0 Å². The van der Waals surface area contributed by atoms with E-state index < -0.39 is 8.32 Å². The number of hydrogen-bond acceptors (Lipinski definition) is 1. The first-order valence-corrected chi connectivity index (χ1v) is 8.96. The average Bonchev–Trinajstić information content (AvgIpc) is 2.16. The van der Waals surface area contributed by atoms with Crippen molar-refractivity contribution < 1.29 is 4.43 Å². The SMILES string of the molecule is [CH2]CCCCO[Si](C(C)C)(C(C)C)C(C)C. The van der Waals surface area contributed by atoms with E-state index in [4.69, 9.17) is 4.43 Å². The minimum absolute atomic E-state index is 0.701. The Labute approximate surface area is 104 Å². The van der Waals surface area contributed by atoms with E-state index in [1.165, 1.54) is 12.8 Å². The quantitative estimate of drug-likeness (QED) is 0.421. The topological polar surface area (TPSA) is 9.23 Å². The fraction of sp³-hybridized carbons (Fsp3) is 0.929. The van der Waals surface area contributed by atoms with E-state index in [1.807, 2.05) is 0 Å². The zero-order valence-electron chi connectivity index (χ0n) is 12.2. The van der Waals surface area contributed by atoms with E-state index in [-0.39, 0.29) is 0 Å². The van der Waals surface area contributed by atoms with E-state index in [0.717, 1.165) is 13.0 Å². The monoisotopic (exact) mass is 243 g/mol. The van der Waals surface area contributed by atoms with Crippen LogP contribution in [0.25, 0.3) is 0 Å². The van der Waals surface area contributed by atoms with Crippen LogP contribution >= 0.6 is 0 Å². The molecule has 0 N–H and O–H groups in total. The van der Waals surface area contributed by atoms with Gasteiger partial charge in [-0.3, -0.25) is 0 Å². The Morgan fingerprint density at radius 1 is 0.875 bits per heavy atom. The summed E-state index contributed by atoms with van der Waals surface area (Å²) in [6.07, 6.45) is 3.39. The van der Waals surface area contributed by atoms with Gasteiger partial charge in [0.1, 0.15) is 0 Å². The predicted molar refractivity (Wildman–Crippen MR) is 76.2 cm³/mol. The molecule has 0 amide bonds. The molecule has 0 fully saturated rings. The van der Waals surface area contributed by atoms with Crippen LogP contribution in [0, 0.1) is 6.92 Å². The van der Waals surface area contributed by atoms with Gasteiger partial charge >= 0.3 is 0 Å². The number of rotatable bonds is 8. The molecular formula is C14H31OSi. The van der Waals surface area contributed by atoms with Crippen molar-refractivity contribution in [1.82, 2.24) is 0 Å². The minimum Gasteiger partial charge on any atom is -0.416 e. The van der Waals surface area contributed by atoms with Gasteiger partial charge in [0, 0.05) is 6.61 Å². The first kappa shape index (κ1) is 16.2. The molecule has 0 aliphatic rings. The van der Waals surface area contributed by atoms with Crippen molar-refractivity contribution in [2.75, 3.05) is 6.61 Å². The Bertz CT molecular complexity index is 154. The lowest BCUT2D eigenvalue weighted by molar-refractivity contribution is 0.269. The van der Waals surface area contributed by atoms with Crippen LogP contribution in [0.15, 0.2) is 0 Å². The maximum atomic E-state index is 6.43. The van der Waals surface area contributed by atoms with E-state index in [2.05, 4.69) is 48.5 Å². The summed E-state index contributed by atoms with van der Waals surface area (Å²) in [5, 5.41) is 0. The van der Waals surface area contributed by atoms with Crippen LogP contribution in [-0.4, -0.2) is 14.9 Å². The third kappa shape index (κ3) is 3.88. The average molecular weight is 243 g/mol. The summed E-state index contributed by atoms with van der Waals surface area (Å²) >= 11 is 0. The van der Waals surface area contributed by atoms with Crippen LogP contribution in [0.5, 0.6) is 0 Å². The molecule has 0 unspecified atom stereocenters. The number of hydrogen-bond donors (Lipinski definition) is 0. The van der Waals surface area contributed by atoms with E-state index in [9.17, 15) is 0 Å². The summed E-state index contributed by atoms with van der Waals surface area (Å²) in [4.78, 5) is 0. The second-order valence-corrected chi connectivity index (χ2v) is 11.2. The Hall–Kier alpha value is 0.177. The molecule has 0 aliphatic carbocycles. The van der Waals surface area contributed by atoms with Crippen LogP contribution in [-0.2, 0) is 4.43 Å². The molecule has 16 heavy (non-hydrogen) atoms. The molecule has 0 aliphatic heterocycles. The maximum Gasteiger partial charge on any atom is 0.200 e. The largest absolute Gasteiger partial charge is 0.416 e. The van der Waals surface area contributed by atoms with E-state index in [0.29, 0.717) is 16.6 Å².